The van der Waals surface area contributed by atoms with Gasteiger partial charge in [-0.2, -0.15) is 0 Å². The Labute approximate surface area is 96.4 Å². The molecule has 2 heteroatoms. The Balaban J connectivity index is 2.47. The molecule has 0 N–H and O–H groups in total. The zero-order valence-electron chi connectivity index (χ0n) is 9.95. The molecule has 0 radical (unpaired) electrons. The van der Waals surface area contributed by atoms with Crippen LogP contribution >= 0.6 is 0 Å². The molecule has 0 heterocycles. The van der Waals surface area contributed by atoms with Crippen LogP contribution in [0.5, 0.6) is 0 Å². The molecular weight excluding hydrogens is 200 g/mol. The van der Waals surface area contributed by atoms with Crippen LogP contribution in [-0.4, -0.2) is 12.6 Å². The normalized spacial score (nSPS) is 28.1. The zero-order valence-corrected chi connectivity index (χ0v) is 9.95. The summed E-state index contributed by atoms with van der Waals surface area (Å²) in [5.41, 5.74) is 3.34. The summed E-state index contributed by atoms with van der Waals surface area (Å²) in [5, 5.41) is 0. The smallest absolute Gasteiger partial charge is 0.146 e. The van der Waals surface area contributed by atoms with Gasteiger partial charge in [-0.1, -0.05) is 31.1 Å². The number of carbonyl (C=O) groups is 2. The van der Waals surface area contributed by atoms with Gasteiger partial charge in [0.1, 0.15) is 12.6 Å². The fraction of sp³-hybridized carbons (Fsp3) is 0.571. The number of hydrogen-bond acceptors (Lipinski definition) is 2. The minimum Gasteiger partial charge on any atom is -0.302 e. The van der Waals surface area contributed by atoms with E-state index in [1.165, 1.54) is 17.6 Å². The van der Waals surface area contributed by atoms with Crippen LogP contribution in [0, 0.1) is 11.3 Å². The van der Waals surface area contributed by atoms with Gasteiger partial charge >= 0.3 is 0 Å². The van der Waals surface area contributed by atoms with Gasteiger partial charge in [0.25, 0.3) is 0 Å². The van der Waals surface area contributed by atoms with Gasteiger partial charge in [-0.05, 0) is 31.1 Å². The Kier molecular flexibility index (Phi) is 2.83. The van der Waals surface area contributed by atoms with Gasteiger partial charge in [-0.3, -0.25) is 4.79 Å². The van der Waals surface area contributed by atoms with Gasteiger partial charge < -0.3 is 4.79 Å². The van der Waals surface area contributed by atoms with Crippen LogP contribution in [0.2, 0.25) is 0 Å². The summed E-state index contributed by atoms with van der Waals surface area (Å²) in [6.45, 7) is 4.37. The van der Waals surface area contributed by atoms with Crippen molar-refractivity contribution < 1.29 is 9.59 Å². The fourth-order valence-electron chi connectivity index (χ4n) is 3.15. The predicted molar refractivity (Wildman–Crippen MR) is 63.0 cm³/mol. The molecule has 0 amide bonds. The van der Waals surface area contributed by atoms with Gasteiger partial charge in [0.15, 0.2) is 0 Å². The first-order valence-electron chi connectivity index (χ1n) is 5.93. The van der Waals surface area contributed by atoms with Gasteiger partial charge in [-0.25, -0.2) is 0 Å². The summed E-state index contributed by atoms with van der Waals surface area (Å²) < 4.78 is 0. The Morgan fingerprint density at radius 1 is 1.38 bits per heavy atom. The molecule has 86 valence electrons. The predicted octanol–water partition coefficient (Wildman–Crippen LogP) is 2.84. The topological polar surface area (TPSA) is 34.1 Å². The van der Waals surface area contributed by atoms with Crippen molar-refractivity contribution in [2.45, 2.75) is 39.5 Å². The monoisotopic (exact) mass is 218 g/mol. The maximum atomic E-state index is 11.2. The minimum absolute atomic E-state index is 0.0711. The van der Waals surface area contributed by atoms with Gasteiger partial charge in [0.2, 0.25) is 0 Å². The van der Waals surface area contributed by atoms with Crippen molar-refractivity contribution in [1.29, 1.82) is 0 Å². The molecule has 0 aromatic rings. The molecule has 0 bridgehead atoms. The number of carbonyl (C=O) groups excluding carboxylic acids is 2. The van der Waals surface area contributed by atoms with E-state index in [9.17, 15) is 9.59 Å². The van der Waals surface area contributed by atoms with Crippen molar-refractivity contribution in [3.05, 3.63) is 22.8 Å². The molecule has 0 fully saturated rings. The first-order valence-corrected chi connectivity index (χ1v) is 5.93. The van der Waals surface area contributed by atoms with E-state index < -0.39 is 0 Å². The highest BCUT2D eigenvalue weighted by molar-refractivity contribution is 5.84. The minimum atomic E-state index is -0.281. The van der Waals surface area contributed by atoms with Crippen LogP contribution < -0.4 is 0 Å². The molecule has 0 aromatic heterocycles. The molecule has 2 aliphatic rings. The van der Waals surface area contributed by atoms with Crippen molar-refractivity contribution in [2.24, 2.45) is 11.3 Å². The zero-order chi connectivity index (χ0) is 11.8. The van der Waals surface area contributed by atoms with E-state index in [4.69, 9.17) is 0 Å². The van der Waals surface area contributed by atoms with E-state index in [0.29, 0.717) is 5.57 Å². The highest BCUT2D eigenvalue weighted by Crippen LogP contribution is 2.47. The molecule has 0 spiro atoms. The highest BCUT2D eigenvalue weighted by atomic mass is 16.1. The lowest BCUT2D eigenvalue weighted by Gasteiger charge is -2.40. The molecule has 2 rings (SSSR count). The van der Waals surface area contributed by atoms with Crippen LogP contribution in [0.4, 0.5) is 0 Å². The number of allylic oxidation sites excluding steroid dienone is 4. The molecule has 2 aliphatic carbocycles. The van der Waals surface area contributed by atoms with Crippen LogP contribution in [0.15, 0.2) is 22.8 Å². The fourth-order valence-corrected chi connectivity index (χ4v) is 3.15. The lowest BCUT2D eigenvalue weighted by molar-refractivity contribution is -0.112. The quantitative estimate of drug-likeness (QED) is 0.527. The van der Waals surface area contributed by atoms with E-state index >= 15 is 0 Å². The Hall–Kier alpha value is -1.18. The Bertz CT molecular complexity index is 386. The van der Waals surface area contributed by atoms with Crippen molar-refractivity contribution >= 4 is 12.6 Å². The molecule has 0 saturated heterocycles. The summed E-state index contributed by atoms with van der Waals surface area (Å²) in [6.07, 6.45) is 7.95. The third-order valence-electron chi connectivity index (χ3n) is 3.92. The van der Waals surface area contributed by atoms with E-state index in [0.717, 1.165) is 31.8 Å². The van der Waals surface area contributed by atoms with E-state index in [1.807, 2.05) is 6.08 Å². The van der Waals surface area contributed by atoms with Crippen LogP contribution in [-0.2, 0) is 9.59 Å². The van der Waals surface area contributed by atoms with Crippen LogP contribution in [0.25, 0.3) is 0 Å². The lowest BCUT2D eigenvalue weighted by Crippen LogP contribution is -2.30. The van der Waals surface area contributed by atoms with Crippen molar-refractivity contribution in [2.75, 3.05) is 0 Å². The number of rotatable bonds is 2. The third kappa shape index (κ3) is 1.66. The van der Waals surface area contributed by atoms with Crippen molar-refractivity contribution in [3.63, 3.8) is 0 Å². The molecule has 0 aromatic carbocycles. The maximum Gasteiger partial charge on any atom is 0.146 e. The molecule has 0 aliphatic heterocycles. The largest absolute Gasteiger partial charge is 0.302 e. The van der Waals surface area contributed by atoms with Crippen LogP contribution in [0.1, 0.15) is 39.5 Å². The molecule has 1 unspecified atom stereocenters. The summed E-state index contributed by atoms with van der Waals surface area (Å²) >= 11 is 0. The molecule has 2 nitrogen and oxygen atoms in total. The first-order chi connectivity index (χ1) is 7.60. The summed E-state index contributed by atoms with van der Waals surface area (Å²) in [4.78, 5) is 22.2. The molecule has 16 heavy (non-hydrogen) atoms. The number of aldehydes is 2. The lowest BCUT2D eigenvalue weighted by atomic mass is 9.64. The van der Waals surface area contributed by atoms with Gasteiger partial charge in [0, 0.05) is 5.57 Å². The third-order valence-corrected chi connectivity index (χ3v) is 3.92. The first kappa shape index (κ1) is 11.3. The van der Waals surface area contributed by atoms with Gasteiger partial charge in [-0.15, -0.1) is 0 Å². The summed E-state index contributed by atoms with van der Waals surface area (Å²) in [6, 6.07) is 0. The maximum absolute atomic E-state index is 11.2. The highest BCUT2D eigenvalue weighted by Gasteiger charge is 2.37. The van der Waals surface area contributed by atoms with E-state index in [2.05, 4.69) is 13.8 Å². The van der Waals surface area contributed by atoms with Crippen molar-refractivity contribution in [1.82, 2.24) is 0 Å². The second-order valence-electron chi connectivity index (χ2n) is 5.39. The van der Waals surface area contributed by atoms with Gasteiger partial charge in [0.05, 0.1) is 5.92 Å². The summed E-state index contributed by atoms with van der Waals surface area (Å²) in [7, 11) is 0. The average molecular weight is 218 g/mol. The Morgan fingerprint density at radius 2 is 2.12 bits per heavy atom. The van der Waals surface area contributed by atoms with E-state index in [1.54, 1.807) is 0 Å². The summed E-state index contributed by atoms with van der Waals surface area (Å²) in [5.74, 6) is -0.281. The van der Waals surface area contributed by atoms with E-state index in [-0.39, 0.29) is 11.3 Å². The molecule has 0 saturated carbocycles. The SMILES string of the molecule is CC1(C)CCCC2=C1C(C=O)C(C=O)=CC2. The molecular formula is C14H18O2. The second kappa shape index (κ2) is 4.00. The average Bonchev–Trinajstić information content (AvgIpc) is 2.27. The van der Waals surface area contributed by atoms with Crippen LogP contribution in [0.3, 0.4) is 0 Å². The number of hydrogen-bond donors (Lipinski definition) is 0. The second-order valence-corrected chi connectivity index (χ2v) is 5.39. The van der Waals surface area contributed by atoms with Crippen molar-refractivity contribution in [3.8, 4) is 0 Å². The molecule has 1 atom stereocenters. The Morgan fingerprint density at radius 3 is 2.75 bits per heavy atom. The standard InChI is InChI=1S/C14H18O2/c1-14(2)7-3-4-10-5-6-11(8-15)12(9-16)13(10)14/h6,8-9,12H,3-5,7H2,1-2H3.